The van der Waals surface area contributed by atoms with Crippen LogP contribution in [0, 0.1) is 12.7 Å². The van der Waals surface area contributed by atoms with Crippen LogP contribution in [-0.2, 0) is 11.3 Å². The summed E-state index contributed by atoms with van der Waals surface area (Å²) in [5.74, 6) is -0.0255. The number of aryl methyl sites for hydroxylation is 1. The number of hydrogen-bond acceptors (Lipinski definition) is 4. The van der Waals surface area contributed by atoms with Gasteiger partial charge in [-0.25, -0.2) is 18.7 Å². The Kier molecular flexibility index (Phi) is 6.39. The number of methoxy groups -OCH3 is 1. The number of amides is 2. The van der Waals surface area contributed by atoms with Gasteiger partial charge in [-0.2, -0.15) is 5.10 Å². The molecule has 2 aromatic heterocycles. The molecule has 5 aromatic rings. The van der Waals surface area contributed by atoms with Crippen molar-refractivity contribution >= 4 is 17.7 Å². The second kappa shape index (κ2) is 10.2. The highest BCUT2D eigenvalue weighted by Gasteiger charge is 2.36. The number of hydrogen-bond donors (Lipinski definition) is 1. The Balaban J connectivity index is 1.49. The molecule has 200 valence electrons. The van der Waals surface area contributed by atoms with Crippen LogP contribution in [0.15, 0.2) is 97.2 Å². The SMILES string of the molecule is COC(=O)c1cccc(NC(=O)N2Cc3c(C)nn(-c4ccccc4)c3-n3cccc3[C@@H]2c2ccc(F)cc2)c1. The molecule has 0 fully saturated rings. The van der Waals surface area contributed by atoms with E-state index in [0.717, 1.165) is 34.0 Å². The van der Waals surface area contributed by atoms with Crippen LogP contribution < -0.4 is 5.32 Å². The van der Waals surface area contributed by atoms with E-state index in [9.17, 15) is 14.0 Å². The molecule has 0 bridgehead atoms. The first-order valence-corrected chi connectivity index (χ1v) is 12.8. The number of ether oxygens (including phenoxy) is 1. The Labute approximate surface area is 230 Å². The molecule has 0 saturated carbocycles. The highest BCUT2D eigenvalue weighted by Crippen LogP contribution is 2.38. The van der Waals surface area contributed by atoms with Gasteiger partial charge in [0, 0.05) is 17.4 Å². The summed E-state index contributed by atoms with van der Waals surface area (Å²) in [4.78, 5) is 27.8. The average molecular weight is 536 g/mol. The molecular weight excluding hydrogens is 509 g/mol. The lowest BCUT2D eigenvalue weighted by Crippen LogP contribution is -2.38. The smallest absolute Gasteiger partial charge is 0.337 e. The lowest BCUT2D eigenvalue weighted by molar-refractivity contribution is 0.0600. The van der Waals surface area contributed by atoms with Gasteiger partial charge in [-0.05, 0) is 67.1 Å². The third-order valence-corrected chi connectivity index (χ3v) is 7.07. The van der Waals surface area contributed by atoms with Gasteiger partial charge in [0.2, 0.25) is 0 Å². The number of carbonyl (C=O) groups is 2. The van der Waals surface area contributed by atoms with E-state index in [2.05, 4.69) is 5.32 Å². The van der Waals surface area contributed by atoms with Crippen LogP contribution in [0.1, 0.15) is 38.9 Å². The molecule has 8 nitrogen and oxygen atoms in total. The topological polar surface area (TPSA) is 81.4 Å². The minimum atomic E-state index is -0.546. The number of urea groups is 1. The van der Waals surface area contributed by atoms with Crippen LogP contribution in [0.4, 0.5) is 14.9 Å². The second-order valence-corrected chi connectivity index (χ2v) is 9.52. The molecule has 0 spiro atoms. The van der Waals surface area contributed by atoms with E-state index < -0.39 is 12.0 Å². The van der Waals surface area contributed by atoms with E-state index in [4.69, 9.17) is 9.84 Å². The van der Waals surface area contributed by atoms with Crippen LogP contribution in [0.2, 0.25) is 0 Å². The maximum absolute atomic E-state index is 14.0. The number of benzene rings is 3. The van der Waals surface area contributed by atoms with Crippen molar-refractivity contribution in [3.8, 4) is 11.5 Å². The Morgan fingerprint density at radius 3 is 2.50 bits per heavy atom. The molecule has 1 N–H and O–H groups in total. The van der Waals surface area contributed by atoms with Crippen LogP contribution in [0.3, 0.4) is 0 Å². The van der Waals surface area contributed by atoms with Gasteiger partial charge in [0.15, 0.2) is 0 Å². The van der Waals surface area contributed by atoms with Crippen molar-refractivity contribution in [3.05, 3.63) is 131 Å². The van der Waals surface area contributed by atoms with Gasteiger partial charge in [0.25, 0.3) is 0 Å². The van der Waals surface area contributed by atoms with Crippen molar-refractivity contribution in [2.45, 2.75) is 19.5 Å². The molecule has 1 aliphatic heterocycles. The Bertz CT molecular complexity index is 1710. The van der Waals surface area contributed by atoms with Crippen molar-refractivity contribution in [2.75, 3.05) is 12.4 Å². The quantitative estimate of drug-likeness (QED) is 0.285. The number of anilines is 1. The van der Waals surface area contributed by atoms with Gasteiger partial charge in [0.1, 0.15) is 11.6 Å². The predicted octanol–water partition coefficient (Wildman–Crippen LogP) is 6.03. The zero-order chi connectivity index (χ0) is 27.8. The standard InChI is InChI=1S/C31H26FN5O3/c1-20-26-19-36(31(39)33-24-9-6-8-22(18-24)30(38)40-2)28(21-13-15-23(32)16-14-21)27-12-7-17-35(27)29(26)37(34-20)25-10-4-3-5-11-25/h3-18,28H,19H2,1-2H3,(H,33,39)/t28-/m0/s1. The first-order chi connectivity index (χ1) is 19.4. The van der Waals surface area contributed by atoms with Crippen molar-refractivity contribution in [1.82, 2.24) is 19.2 Å². The number of esters is 1. The third kappa shape index (κ3) is 4.41. The number of nitrogens with one attached hydrogen (secondary N) is 1. The van der Waals surface area contributed by atoms with Gasteiger partial charge in [-0.3, -0.25) is 0 Å². The molecule has 1 atom stereocenters. The molecular formula is C31H26FN5O3. The van der Waals surface area contributed by atoms with E-state index in [1.807, 2.05) is 64.8 Å². The minimum absolute atomic E-state index is 0.236. The number of aromatic nitrogens is 3. The third-order valence-electron chi connectivity index (χ3n) is 7.07. The van der Waals surface area contributed by atoms with Crippen LogP contribution >= 0.6 is 0 Å². The van der Waals surface area contributed by atoms with Crippen molar-refractivity contribution in [2.24, 2.45) is 0 Å². The lowest BCUT2D eigenvalue weighted by atomic mass is 10.0. The summed E-state index contributed by atoms with van der Waals surface area (Å²) in [6, 6.07) is 25.5. The molecule has 0 aliphatic carbocycles. The monoisotopic (exact) mass is 535 g/mol. The Hall–Kier alpha value is -5.18. The normalized spacial score (nSPS) is 14.2. The van der Waals surface area contributed by atoms with Crippen molar-refractivity contribution in [3.63, 3.8) is 0 Å². The summed E-state index contributed by atoms with van der Waals surface area (Å²) in [6.45, 7) is 2.16. The van der Waals surface area contributed by atoms with Crippen LogP contribution in [0.5, 0.6) is 0 Å². The maximum Gasteiger partial charge on any atom is 0.337 e. The lowest BCUT2D eigenvalue weighted by Gasteiger charge is -2.31. The predicted molar refractivity (Wildman–Crippen MR) is 148 cm³/mol. The van der Waals surface area contributed by atoms with Gasteiger partial charge in [-0.1, -0.05) is 36.4 Å². The van der Waals surface area contributed by atoms with Gasteiger partial charge < -0.3 is 19.5 Å². The number of carbonyl (C=O) groups excluding carboxylic acids is 2. The van der Waals surface area contributed by atoms with Crippen molar-refractivity contribution < 1.29 is 18.7 Å². The van der Waals surface area contributed by atoms with E-state index in [0.29, 0.717) is 11.3 Å². The summed E-state index contributed by atoms with van der Waals surface area (Å²) < 4.78 is 22.7. The molecule has 0 radical (unpaired) electrons. The summed E-state index contributed by atoms with van der Waals surface area (Å²) >= 11 is 0. The minimum Gasteiger partial charge on any atom is -0.465 e. The number of fused-ring (bicyclic) bond motifs is 3. The fourth-order valence-electron chi connectivity index (χ4n) is 5.18. The largest absolute Gasteiger partial charge is 0.465 e. The fourth-order valence-corrected chi connectivity index (χ4v) is 5.18. The first-order valence-electron chi connectivity index (χ1n) is 12.8. The first kappa shape index (κ1) is 25.1. The Morgan fingerprint density at radius 1 is 0.975 bits per heavy atom. The van der Waals surface area contributed by atoms with Crippen molar-refractivity contribution in [1.29, 1.82) is 0 Å². The molecule has 0 unspecified atom stereocenters. The zero-order valence-electron chi connectivity index (χ0n) is 21.9. The van der Waals surface area contributed by atoms with Gasteiger partial charge >= 0.3 is 12.0 Å². The molecule has 6 rings (SSSR count). The summed E-state index contributed by atoms with van der Waals surface area (Å²) in [5.41, 5.74) is 4.89. The van der Waals surface area contributed by atoms with Gasteiger partial charge in [-0.15, -0.1) is 0 Å². The fraction of sp³-hybridized carbons (Fsp3) is 0.129. The molecule has 0 saturated heterocycles. The summed E-state index contributed by atoms with van der Waals surface area (Å²) in [7, 11) is 1.31. The molecule has 1 aliphatic rings. The van der Waals surface area contributed by atoms with E-state index in [1.165, 1.54) is 19.2 Å². The highest BCUT2D eigenvalue weighted by atomic mass is 19.1. The molecule has 9 heteroatoms. The average Bonchev–Trinajstić information content (AvgIpc) is 3.54. The number of rotatable bonds is 4. The maximum atomic E-state index is 14.0. The Morgan fingerprint density at radius 2 is 1.75 bits per heavy atom. The van der Waals surface area contributed by atoms with E-state index in [-0.39, 0.29) is 18.4 Å². The molecule has 40 heavy (non-hydrogen) atoms. The van der Waals surface area contributed by atoms with E-state index >= 15 is 0 Å². The van der Waals surface area contributed by atoms with Crippen LogP contribution in [-0.4, -0.2) is 38.4 Å². The number of halogens is 1. The summed E-state index contributed by atoms with van der Waals surface area (Å²) in [5, 5.41) is 7.80. The molecule has 2 amide bonds. The van der Waals surface area contributed by atoms with Gasteiger partial charge in [0.05, 0.1) is 42.3 Å². The summed E-state index contributed by atoms with van der Waals surface area (Å²) in [6.07, 6.45) is 1.95. The molecule has 3 heterocycles. The van der Waals surface area contributed by atoms with Crippen LogP contribution in [0.25, 0.3) is 11.5 Å². The highest BCUT2D eigenvalue weighted by molar-refractivity contribution is 5.94. The van der Waals surface area contributed by atoms with E-state index in [1.54, 1.807) is 41.3 Å². The number of para-hydroxylation sites is 1. The number of nitrogens with zero attached hydrogens (tertiary/aromatic N) is 4. The molecule has 3 aromatic carbocycles. The zero-order valence-corrected chi connectivity index (χ0v) is 21.9. The second-order valence-electron chi connectivity index (χ2n) is 9.52.